The molecule has 2 rings (SSSR count). The van der Waals surface area contributed by atoms with Crippen LogP contribution < -0.4 is 4.74 Å². The number of pyridine rings is 1. The van der Waals surface area contributed by atoms with Crippen molar-refractivity contribution >= 4 is 0 Å². The van der Waals surface area contributed by atoms with Gasteiger partial charge in [-0.15, -0.1) is 0 Å². The summed E-state index contributed by atoms with van der Waals surface area (Å²) in [5.41, 5.74) is 3.60. The van der Waals surface area contributed by atoms with Crippen molar-refractivity contribution in [1.82, 2.24) is 9.88 Å². The molecule has 0 aromatic carbocycles. The van der Waals surface area contributed by atoms with Crippen LogP contribution in [-0.4, -0.2) is 37.1 Å². The van der Waals surface area contributed by atoms with Gasteiger partial charge >= 0.3 is 0 Å². The summed E-state index contributed by atoms with van der Waals surface area (Å²) in [5, 5.41) is 0. The van der Waals surface area contributed by atoms with E-state index in [1.54, 1.807) is 7.11 Å². The van der Waals surface area contributed by atoms with E-state index in [2.05, 4.69) is 23.0 Å². The van der Waals surface area contributed by atoms with Gasteiger partial charge in [-0.3, -0.25) is 4.98 Å². The second-order valence-electron chi connectivity index (χ2n) is 4.19. The van der Waals surface area contributed by atoms with Crippen LogP contribution in [0.5, 0.6) is 5.75 Å². The zero-order chi connectivity index (χ0) is 10.8. The third kappa shape index (κ3) is 2.12. The topological polar surface area (TPSA) is 25.4 Å². The first-order valence-corrected chi connectivity index (χ1v) is 5.42. The van der Waals surface area contributed by atoms with E-state index in [0.717, 1.165) is 37.4 Å². The Morgan fingerprint density at radius 3 is 2.80 bits per heavy atom. The number of nitrogens with zero attached hydrogens (tertiary/aromatic N) is 2. The van der Waals surface area contributed by atoms with Gasteiger partial charge in [-0.05, 0) is 32.0 Å². The highest BCUT2D eigenvalue weighted by atomic mass is 16.5. The second kappa shape index (κ2) is 4.19. The average Bonchev–Trinajstić information content (AvgIpc) is 2.40. The maximum atomic E-state index is 5.30. The fourth-order valence-corrected chi connectivity index (χ4v) is 2.03. The van der Waals surface area contributed by atoms with Crippen molar-refractivity contribution in [2.45, 2.75) is 19.8 Å². The highest BCUT2D eigenvalue weighted by Gasteiger charge is 2.14. The SMILES string of the molecule is COc1cc2c(nc1C)CCN(C)CC2. The number of aromatic nitrogens is 1. The van der Waals surface area contributed by atoms with Crippen molar-refractivity contribution in [3.05, 3.63) is 23.0 Å². The van der Waals surface area contributed by atoms with Gasteiger partial charge in [0, 0.05) is 25.2 Å². The van der Waals surface area contributed by atoms with Gasteiger partial charge in [0.2, 0.25) is 0 Å². The lowest BCUT2D eigenvalue weighted by Crippen LogP contribution is -2.20. The van der Waals surface area contributed by atoms with E-state index in [1.165, 1.54) is 11.3 Å². The summed E-state index contributed by atoms with van der Waals surface area (Å²) in [4.78, 5) is 6.98. The Kier molecular flexibility index (Phi) is 2.91. The molecule has 0 saturated heterocycles. The van der Waals surface area contributed by atoms with Crippen molar-refractivity contribution < 1.29 is 4.74 Å². The van der Waals surface area contributed by atoms with Crippen molar-refractivity contribution in [3.63, 3.8) is 0 Å². The van der Waals surface area contributed by atoms with Crippen LogP contribution in [0.2, 0.25) is 0 Å². The maximum Gasteiger partial charge on any atom is 0.140 e. The molecule has 1 aliphatic heterocycles. The van der Waals surface area contributed by atoms with E-state index >= 15 is 0 Å². The van der Waals surface area contributed by atoms with E-state index < -0.39 is 0 Å². The van der Waals surface area contributed by atoms with Gasteiger partial charge < -0.3 is 9.64 Å². The van der Waals surface area contributed by atoms with Crippen LogP contribution in [0.4, 0.5) is 0 Å². The lowest BCUT2D eigenvalue weighted by Gasteiger charge is -2.10. The summed E-state index contributed by atoms with van der Waals surface area (Å²) in [5.74, 6) is 0.915. The molecule has 0 saturated carbocycles. The summed E-state index contributed by atoms with van der Waals surface area (Å²) in [6.45, 7) is 4.22. The third-order valence-corrected chi connectivity index (χ3v) is 3.05. The van der Waals surface area contributed by atoms with E-state index in [0.29, 0.717) is 0 Å². The molecule has 0 amide bonds. The summed E-state index contributed by atoms with van der Waals surface area (Å²) in [6, 6.07) is 2.15. The zero-order valence-corrected chi connectivity index (χ0v) is 9.71. The molecule has 3 nitrogen and oxygen atoms in total. The average molecular weight is 206 g/mol. The van der Waals surface area contributed by atoms with Gasteiger partial charge in [0.15, 0.2) is 0 Å². The van der Waals surface area contributed by atoms with E-state index in [-0.39, 0.29) is 0 Å². The first kappa shape index (κ1) is 10.4. The molecule has 1 aliphatic rings. The predicted octanol–water partition coefficient (Wildman–Crippen LogP) is 1.43. The highest BCUT2D eigenvalue weighted by Crippen LogP contribution is 2.22. The van der Waals surface area contributed by atoms with Gasteiger partial charge in [0.1, 0.15) is 5.75 Å². The molecule has 2 heterocycles. The Bertz CT molecular complexity index is 363. The Labute approximate surface area is 91.1 Å². The van der Waals surface area contributed by atoms with E-state index in [4.69, 9.17) is 4.74 Å². The lowest BCUT2D eigenvalue weighted by molar-refractivity contribution is 0.352. The first-order chi connectivity index (χ1) is 7.20. The molecule has 3 heteroatoms. The second-order valence-corrected chi connectivity index (χ2v) is 4.19. The smallest absolute Gasteiger partial charge is 0.140 e. The van der Waals surface area contributed by atoms with Crippen molar-refractivity contribution in [1.29, 1.82) is 0 Å². The largest absolute Gasteiger partial charge is 0.495 e. The fraction of sp³-hybridized carbons (Fsp3) is 0.583. The van der Waals surface area contributed by atoms with Crippen molar-refractivity contribution in [2.75, 3.05) is 27.2 Å². The molecule has 1 aromatic rings. The molecule has 0 fully saturated rings. The minimum absolute atomic E-state index is 0.915. The molecule has 0 atom stereocenters. The number of methoxy groups -OCH3 is 1. The molecule has 15 heavy (non-hydrogen) atoms. The number of hydrogen-bond donors (Lipinski definition) is 0. The van der Waals surface area contributed by atoms with Gasteiger partial charge in [0.05, 0.1) is 12.8 Å². The molecule has 0 spiro atoms. The monoisotopic (exact) mass is 206 g/mol. The minimum Gasteiger partial charge on any atom is -0.495 e. The Balaban J connectivity index is 2.36. The number of likely N-dealkylation sites (N-methyl/N-ethyl adjacent to an activating group) is 1. The van der Waals surface area contributed by atoms with E-state index in [1.807, 2.05) is 6.92 Å². The molecule has 0 unspecified atom stereocenters. The molecular weight excluding hydrogens is 188 g/mol. The molecular formula is C12H18N2O. The van der Waals surface area contributed by atoms with Gasteiger partial charge in [-0.2, -0.15) is 0 Å². The lowest BCUT2D eigenvalue weighted by atomic mass is 10.1. The third-order valence-electron chi connectivity index (χ3n) is 3.05. The normalized spacial score (nSPS) is 17.0. The quantitative estimate of drug-likeness (QED) is 0.695. The maximum absolute atomic E-state index is 5.30. The zero-order valence-electron chi connectivity index (χ0n) is 9.71. The fourth-order valence-electron chi connectivity index (χ4n) is 2.03. The summed E-state index contributed by atoms with van der Waals surface area (Å²) in [6.07, 6.45) is 2.13. The molecule has 0 bridgehead atoms. The minimum atomic E-state index is 0.915. The molecule has 0 radical (unpaired) electrons. The summed E-state index contributed by atoms with van der Waals surface area (Å²) in [7, 11) is 3.87. The Morgan fingerprint density at radius 1 is 1.33 bits per heavy atom. The number of aryl methyl sites for hydroxylation is 1. The first-order valence-electron chi connectivity index (χ1n) is 5.42. The molecule has 82 valence electrons. The van der Waals surface area contributed by atoms with Gasteiger partial charge in [-0.1, -0.05) is 0 Å². The number of ether oxygens (including phenoxy) is 1. The standard InChI is InChI=1S/C12H18N2O/c1-9-12(15-3)8-10-4-6-14(2)7-5-11(10)13-9/h8H,4-7H2,1-3H3. The summed E-state index contributed by atoms with van der Waals surface area (Å²) < 4.78 is 5.30. The Hall–Kier alpha value is -1.09. The van der Waals surface area contributed by atoms with Crippen LogP contribution in [0.1, 0.15) is 17.0 Å². The highest BCUT2D eigenvalue weighted by molar-refractivity contribution is 5.35. The van der Waals surface area contributed by atoms with Crippen LogP contribution in [0.15, 0.2) is 6.07 Å². The van der Waals surface area contributed by atoms with Crippen LogP contribution >= 0.6 is 0 Å². The molecule has 0 aliphatic carbocycles. The van der Waals surface area contributed by atoms with Crippen LogP contribution in [0.3, 0.4) is 0 Å². The van der Waals surface area contributed by atoms with Gasteiger partial charge in [-0.25, -0.2) is 0 Å². The predicted molar refractivity (Wildman–Crippen MR) is 60.4 cm³/mol. The summed E-state index contributed by atoms with van der Waals surface area (Å²) >= 11 is 0. The number of fused-ring (bicyclic) bond motifs is 1. The van der Waals surface area contributed by atoms with E-state index in [9.17, 15) is 0 Å². The molecule has 0 N–H and O–H groups in total. The Morgan fingerprint density at radius 2 is 2.07 bits per heavy atom. The molecule has 1 aromatic heterocycles. The van der Waals surface area contributed by atoms with Crippen LogP contribution in [0, 0.1) is 6.92 Å². The van der Waals surface area contributed by atoms with Crippen molar-refractivity contribution in [3.8, 4) is 5.75 Å². The van der Waals surface area contributed by atoms with Crippen LogP contribution in [0.25, 0.3) is 0 Å². The van der Waals surface area contributed by atoms with Gasteiger partial charge in [0.25, 0.3) is 0 Å². The van der Waals surface area contributed by atoms with Crippen LogP contribution in [-0.2, 0) is 12.8 Å². The number of hydrogen-bond acceptors (Lipinski definition) is 3. The van der Waals surface area contributed by atoms with Crippen molar-refractivity contribution in [2.24, 2.45) is 0 Å². The number of rotatable bonds is 1.